The molecule has 3 heterocycles. The summed E-state index contributed by atoms with van der Waals surface area (Å²) in [5, 5.41) is 27.9. The molecule has 1 aliphatic rings. The third-order valence-corrected chi connectivity index (χ3v) is 8.81. The lowest BCUT2D eigenvalue weighted by atomic mass is 9.96. The summed E-state index contributed by atoms with van der Waals surface area (Å²) in [4.78, 5) is 37.9. The molecule has 6 N–H and O–H groups in total. The first kappa shape index (κ1) is 35.6. The Morgan fingerprint density at radius 1 is 1.11 bits per heavy atom. The number of nitrogens with two attached hydrogens (primary N) is 1. The van der Waals surface area contributed by atoms with Gasteiger partial charge in [-0.25, -0.2) is 15.2 Å². The van der Waals surface area contributed by atoms with Gasteiger partial charge < -0.3 is 39.4 Å². The molecule has 17 nitrogen and oxygen atoms in total. The topological polar surface area (TPSA) is 232 Å². The van der Waals surface area contributed by atoms with E-state index in [0.29, 0.717) is 0 Å². The van der Waals surface area contributed by atoms with Crippen LogP contribution in [0.25, 0.3) is 11.2 Å². The highest BCUT2D eigenvalue weighted by Crippen LogP contribution is 2.45. The summed E-state index contributed by atoms with van der Waals surface area (Å²) in [7, 11) is -2.91. The Morgan fingerprint density at radius 2 is 1.66 bits per heavy atom. The van der Waals surface area contributed by atoms with E-state index in [2.05, 4.69) is 25.1 Å². The molecule has 18 heteroatoms. The summed E-state index contributed by atoms with van der Waals surface area (Å²) in [6.07, 6.45) is -2.73. The first-order valence-corrected chi connectivity index (χ1v) is 16.0. The Bertz CT molecular complexity index is 1320. The number of anilines is 1. The quantitative estimate of drug-likeness (QED) is 0.134. The fraction of sp³-hybridized carbons (Fsp3) is 0.731. The molecular weight excluding hydrogens is 601 g/mol. The maximum absolute atomic E-state index is 14.4. The van der Waals surface area contributed by atoms with Gasteiger partial charge in [0.25, 0.3) is 0 Å². The first-order valence-electron chi connectivity index (χ1n) is 14.3. The molecule has 0 aliphatic carbocycles. The van der Waals surface area contributed by atoms with E-state index in [9.17, 15) is 24.4 Å². The maximum Gasteiger partial charge on any atom is 0.342 e. The fourth-order valence-electron chi connectivity index (χ4n) is 4.67. The summed E-state index contributed by atoms with van der Waals surface area (Å²) < 4.78 is 43.1. The first-order chi connectivity index (χ1) is 20.6. The van der Waals surface area contributed by atoms with E-state index in [0.717, 1.165) is 0 Å². The molecule has 1 fully saturated rings. The highest BCUT2D eigenvalue weighted by atomic mass is 31.2. The number of rotatable bonds is 15. The van der Waals surface area contributed by atoms with Crippen molar-refractivity contribution >= 4 is 36.7 Å². The highest BCUT2D eigenvalue weighted by molar-refractivity contribution is 7.54. The van der Waals surface area contributed by atoms with Crippen molar-refractivity contribution in [1.82, 2.24) is 29.7 Å². The van der Waals surface area contributed by atoms with Crippen LogP contribution in [-0.4, -0.2) is 98.5 Å². The number of carbonyl (C=O) groups is 2. The van der Waals surface area contributed by atoms with Crippen LogP contribution >= 0.6 is 7.67 Å². The van der Waals surface area contributed by atoms with Crippen molar-refractivity contribution in [2.45, 2.75) is 84.6 Å². The minimum absolute atomic E-state index is 0.0870. The van der Waals surface area contributed by atoms with Crippen LogP contribution in [0.5, 0.6) is 5.88 Å². The molecule has 0 radical (unpaired) electrons. The zero-order chi connectivity index (χ0) is 33.0. The molecule has 1 saturated heterocycles. The van der Waals surface area contributed by atoms with Crippen LogP contribution in [0.2, 0.25) is 0 Å². The summed E-state index contributed by atoms with van der Waals surface area (Å²) in [6, 6.07) is -2.18. The van der Waals surface area contributed by atoms with E-state index in [1.54, 1.807) is 41.5 Å². The van der Waals surface area contributed by atoms with Gasteiger partial charge in [-0.3, -0.25) is 18.7 Å². The smallest absolute Gasteiger partial charge is 0.342 e. The van der Waals surface area contributed by atoms with Gasteiger partial charge in [-0.05, 0) is 32.6 Å². The number of nitrogens with zero attached hydrogens (tertiary/aromatic N) is 4. The number of imidazole rings is 1. The van der Waals surface area contributed by atoms with Gasteiger partial charge in [0, 0.05) is 0 Å². The normalized spacial score (nSPS) is 24.8. The van der Waals surface area contributed by atoms with Gasteiger partial charge in [-0.1, -0.05) is 27.7 Å². The van der Waals surface area contributed by atoms with Crippen molar-refractivity contribution in [2.24, 2.45) is 11.8 Å². The molecule has 7 atom stereocenters. The van der Waals surface area contributed by atoms with Gasteiger partial charge in [-0.15, -0.1) is 0 Å². The van der Waals surface area contributed by atoms with Crippen molar-refractivity contribution in [2.75, 3.05) is 32.7 Å². The van der Waals surface area contributed by atoms with Crippen LogP contribution in [0, 0.1) is 11.8 Å². The Morgan fingerprint density at radius 3 is 2.14 bits per heavy atom. The molecule has 248 valence electrons. The molecule has 2 unspecified atom stereocenters. The second-order valence-corrected chi connectivity index (χ2v) is 13.0. The average molecular weight is 646 g/mol. The lowest BCUT2D eigenvalue weighted by molar-refractivity contribution is -0.146. The zero-order valence-electron chi connectivity index (χ0n) is 26.2. The molecule has 3 rings (SSSR count). The molecule has 0 saturated carbocycles. The van der Waals surface area contributed by atoms with Gasteiger partial charge in [-0.2, -0.15) is 9.97 Å². The number of ether oxygens (including phenoxy) is 4. The van der Waals surface area contributed by atoms with E-state index in [1.807, 2.05) is 0 Å². The van der Waals surface area contributed by atoms with Gasteiger partial charge in [0.1, 0.15) is 29.9 Å². The number of fused-ring (bicyclic) bond motifs is 1. The number of nitrogen functional groups attached to an aromatic ring is 1. The van der Waals surface area contributed by atoms with Crippen LogP contribution in [0.3, 0.4) is 0 Å². The van der Waals surface area contributed by atoms with E-state index in [1.165, 1.54) is 24.9 Å². The largest absolute Gasteiger partial charge is 0.479 e. The van der Waals surface area contributed by atoms with Crippen molar-refractivity contribution in [1.29, 1.82) is 0 Å². The van der Waals surface area contributed by atoms with Gasteiger partial charge in [0.2, 0.25) is 11.8 Å². The third-order valence-electron chi connectivity index (χ3n) is 7.06. The number of aliphatic hydroxyl groups excluding tert-OH is 1. The molecule has 0 spiro atoms. The number of carbonyl (C=O) groups excluding carboxylic acids is 2. The fourth-order valence-corrected chi connectivity index (χ4v) is 6.79. The summed E-state index contributed by atoms with van der Waals surface area (Å²) in [5.41, 5.74) is 4.31. The molecule has 1 aliphatic heterocycles. The molecule has 0 amide bonds. The number of aromatic nitrogens is 4. The van der Waals surface area contributed by atoms with Crippen molar-refractivity contribution < 1.29 is 47.8 Å². The minimum Gasteiger partial charge on any atom is -0.479 e. The van der Waals surface area contributed by atoms with Gasteiger partial charge in [0.05, 0.1) is 33.3 Å². The molecular formula is C26H44N7O10P. The van der Waals surface area contributed by atoms with Crippen molar-refractivity contribution in [3.63, 3.8) is 0 Å². The molecule has 0 aromatic carbocycles. The second-order valence-electron chi connectivity index (χ2n) is 11.2. The Balaban J connectivity index is 1.93. The predicted molar refractivity (Wildman–Crippen MR) is 157 cm³/mol. The van der Waals surface area contributed by atoms with Crippen LogP contribution in [0.4, 0.5) is 5.95 Å². The molecule has 2 aromatic rings. The number of hydrogen-bond donors (Lipinski definition) is 5. The highest BCUT2D eigenvalue weighted by Gasteiger charge is 2.54. The Labute approximate surface area is 255 Å². The monoisotopic (exact) mass is 645 g/mol. The van der Waals surface area contributed by atoms with E-state index < -0.39 is 74.2 Å². The average Bonchev–Trinajstić information content (AvgIpc) is 3.46. The standard InChI is InChI=1S/C26H44N7O10P/c1-9-40-22(35)16(13(3)4)31-44(38,32-17(14(5)6)23(36)41-10-2)42-11-15-19(34)26(7,37)24(43-15)33-12-28-18-20(33)29-25(27)30-21(18)39-8/h12-17,19,24,34,37H,9-11H2,1-8H3,(H2,27,29,30)(H2,31,32,38)/t15-,16-,17+,19?,24-,26+,44?/m1/s1. The van der Waals surface area contributed by atoms with Gasteiger partial charge >= 0.3 is 19.6 Å². The number of methoxy groups -OCH3 is 1. The summed E-state index contributed by atoms with van der Waals surface area (Å²) in [5.74, 6) is -2.15. The third kappa shape index (κ3) is 7.65. The summed E-state index contributed by atoms with van der Waals surface area (Å²) >= 11 is 0. The molecule has 44 heavy (non-hydrogen) atoms. The molecule has 2 aromatic heterocycles. The Kier molecular flexibility index (Phi) is 11.7. The van der Waals surface area contributed by atoms with Crippen molar-refractivity contribution in [3.05, 3.63) is 6.33 Å². The number of esters is 2. The summed E-state index contributed by atoms with van der Waals surface area (Å²) in [6.45, 7) is 11.1. The van der Waals surface area contributed by atoms with Crippen molar-refractivity contribution in [3.8, 4) is 5.88 Å². The van der Waals surface area contributed by atoms with E-state index in [4.69, 9.17) is 29.2 Å². The maximum atomic E-state index is 14.4. The minimum atomic E-state index is -4.30. The van der Waals surface area contributed by atoms with E-state index >= 15 is 0 Å². The van der Waals surface area contributed by atoms with Crippen LogP contribution < -0.4 is 20.6 Å². The lowest BCUT2D eigenvalue weighted by Gasteiger charge is -2.31. The van der Waals surface area contributed by atoms with Crippen LogP contribution in [0.15, 0.2) is 6.33 Å². The second kappa shape index (κ2) is 14.5. The van der Waals surface area contributed by atoms with Crippen LogP contribution in [0.1, 0.15) is 54.7 Å². The molecule has 0 bridgehead atoms. The number of hydrogen-bond acceptors (Lipinski definition) is 14. The SMILES string of the molecule is CCOC(=O)[C@@H](NP(=O)(N[C@@H](C(=O)OCC)C(C)C)OC[C@H]1O[C@@H](n2cnc3c(OC)nc(N)nc32)[C@@](C)(O)C1O)C(C)C. The zero-order valence-corrected chi connectivity index (χ0v) is 27.1. The lowest BCUT2D eigenvalue weighted by Crippen LogP contribution is -2.49. The van der Waals surface area contributed by atoms with Gasteiger partial charge in [0.15, 0.2) is 17.4 Å². The Hall–Kier alpha value is -2.92. The number of aliphatic hydroxyl groups is 2. The number of nitrogens with one attached hydrogen (secondary N) is 2. The van der Waals surface area contributed by atoms with E-state index in [-0.39, 0.29) is 36.2 Å². The van der Waals surface area contributed by atoms with Crippen LogP contribution in [-0.2, 0) is 32.9 Å². The predicted octanol–water partition coefficient (Wildman–Crippen LogP) is 0.906.